The minimum Gasteiger partial charge on any atom is -0.506 e. The van der Waals surface area contributed by atoms with Crippen LogP contribution in [-0.2, 0) is 9.59 Å². The number of nitro benzene ring substituents is 1. The first-order valence-corrected chi connectivity index (χ1v) is 10.2. The molecule has 1 heterocycles. The fourth-order valence-electron chi connectivity index (χ4n) is 2.78. The summed E-state index contributed by atoms with van der Waals surface area (Å²) in [5.41, 5.74) is 0.372. The Morgan fingerprint density at radius 3 is 2.81 bits per heavy atom. The Morgan fingerprint density at radius 1 is 1.35 bits per heavy atom. The summed E-state index contributed by atoms with van der Waals surface area (Å²) >= 11 is 6.40. The number of benzene rings is 2. The Morgan fingerprint density at radius 2 is 2.10 bits per heavy atom. The number of nitro groups is 1. The molecule has 1 fully saturated rings. The number of thioether (sulfide) groups is 1. The van der Waals surface area contributed by atoms with Gasteiger partial charge in [-0.05, 0) is 18.2 Å². The number of hydrogen-bond acceptors (Lipinski definition) is 8. The first kappa shape index (κ1) is 22.2. The molecule has 0 radical (unpaired) electrons. The number of carbonyl (C=O) groups is 2. The van der Waals surface area contributed by atoms with Gasteiger partial charge in [0.25, 0.3) is 11.6 Å². The minimum absolute atomic E-state index is 0.0233. The third-order valence-electron chi connectivity index (χ3n) is 4.33. The van der Waals surface area contributed by atoms with Crippen molar-refractivity contribution in [3.8, 4) is 11.5 Å². The highest BCUT2D eigenvalue weighted by Gasteiger charge is 2.32. The van der Waals surface area contributed by atoms with Crippen LogP contribution in [0.4, 0.5) is 11.4 Å². The van der Waals surface area contributed by atoms with Gasteiger partial charge in [-0.2, -0.15) is 0 Å². The fraction of sp³-hybridized carbons (Fsp3) is 0.150. The van der Waals surface area contributed by atoms with E-state index < -0.39 is 10.8 Å². The average Bonchev–Trinajstić information content (AvgIpc) is 3.00. The number of nitrogens with one attached hydrogen (secondary N) is 1. The lowest BCUT2D eigenvalue weighted by atomic mass is 10.2. The molecule has 0 spiro atoms. The van der Waals surface area contributed by atoms with Gasteiger partial charge in [-0.1, -0.05) is 42.2 Å². The molecule has 3 rings (SSSR count). The number of hydrogen-bond donors (Lipinski definition) is 2. The number of amides is 2. The molecule has 1 saturated heterocycles. The lowest BCUT2D eigenvalue weighted by Crippen LogP contribution is -2.31. The van der Waals surface area contributed by atoms with Crippen molar-refractivity contribution in [1.29, 1.82) is 0 Å². The van der Waals surface area contributed by atoms with Gasteiger partial charge in [-0.15, -0.1) is 0 Å². The van der Waals surface area contributed by atoms with E-state index in [1.54, 1.807) is 12.1 Å². The normalized spacial score (nSPS) is 14.7. The number of thiocarbonyl (C=S) groups is 1. The van der Waals surface area contributed by atoms with E-state index in [9.17, 15) is 24.8 Å². The summed E-state index contributed by atoms with van der Waals surface area (Å²) in [7, 11) is 1.54. The summed E-state index contributed by atoms with van der Waals surface area (Å²) in [4.78, 5) is 36.9. The number of phenols is 1. The van der Waals surface area contributed by atoms with Crippen LogP contribution in [0.1, 0.15) is 12.0 Å². The summed E-state index contributed by atoms with van der Waals surface area (Å²) in [5.74, 6) is -0.543. The zero-order valence-corrected chi connectivity index (χ0v) is 17.9. The van der Waals surface area contributed by atoms with Crippen LogP contribution in [0.25, 0.3) is 6.08 Å². The minimum atomic E-state index is -0.636. The number of methoxy groups -OCH3 is 1. The number of rotatable bonds is 7. The van der Waals surface area contributed by atoms with Gasteiger partial charge in [0, 0.05) is 30.7 Å². The predicted molar refractivity (Wildman–Crippen MR) is 121 cm³/mol. The first-order chi connectivity index (χ1) is 14.8. The van der Waals surface area contributed by atoms with E-state index in [0.717, 1.165) is 35.5 Å². The van der Waals surface area contributed by atoms with Crippen LogP contribution in [0.3, 0.4) is 0 Å². The van der Waals surface area contributed by atoms with Crippen LogP contribution in [-0.4, -0.2) is 44.7 Å². The van der Waals surface area contributed by atoms with Crippen molar-refractivity contribution in [3.63, 3.8) is 0 Å². The topological polar surface area (TPSA) is 122 Å². The third-order valence-corrected chi connectivity index (χ3v) is 5.70. The molecule has 2 N–H and O–H groups in total. The van der Waals surface area contributed by atoms with E-state index in [1.807, 2.05) is 18.2 Å². The fourth-order valence-corrected chi connectivity index (χ4v) is 4.08. The smallest absolute Gasteiger partial charge is 0.271 e. The Balaban J connectivity index is 1.66. The summed E-state index contributed by atoms with van der Waals surface area (Å²) in [6.45, 7) is 0.0233. The van der Waals surface area contributed by atoms with E-state index in [2.05, 4.69) is 5.32 Å². The SMILES string of the molecule is COc1ccccc1/C=C1\SC(=S)N(CCC(=O)Nc2cc([N+](=O)[O-])ccc2O)C1=O. The van der Waals surface area contributed by atoms with E-state index in [0.29, 0.717) is 15.0 Å². The largest absolute Gasteiger partial charge is 0.506 e. The molecule has 1 aliphatic rings. The standard InChI is InChI=1S/C20H17N3O6S2/c1-29-16-5-3-2-4-12(16)10-17-19(26)22(20(30)31-17)9-8-18(25)21-14-11-13(23(27)28)6-7-15(14)24/h2-7,10-11,24H,8-9H2,1H3,(H,21,25)/b17-10-. The van der Waals surface area contributed by atoms with Gasteiger partial charge in [-0.25, -0.2) is 0 Å². The highest BCUT2D eigenvalue weighted by Crippen LogP contribution is 2.34. The molecule has 2 aromatic rings. The molecule has 2 amide bonds. The van der Waals surface area contributed by atoms with Crippen molar-refractivity contribution in [2.24, 2.45) is 0 Å². The molecule has 0 bridgehead atoms. The van der Waals surface area contributed by atoms with E-state index in [4.69, 9.17) is 17.0 Å². The zero-order chi connectivity index (χ0) is 22.5. The van der Waals surface area contributed by atoms with Crippen LogP contribution in [0.5, 0.6) is 11.5 Å². The lowest BCUT2D eigenvalue weighted by Gasteiger charge is -2.14. The summed E-state index contributed by atoms with van der Waals surface area (Å²) < 4.78 is 5.60. The van der Waals surface area contributed by atoms with Gasteiger partial charge in [0.2, 0.25) is 5.91 Å². The molecule has 31 heavy (non-hydrogen) atoms. The van der Waals surface area contributed by atoms with Crippen molar-refractivity contribution in [3.05, 3.63) is 63.0 Å². The molecule has 9 nitrogen and oxygen atoms in total. The molecule has 0 aromatic heterocycles. The predicted octanol–water partition coefficient (Wildman–Crippen LogP) is 3.54. The molecule has 0 saturated carbocycles. The second-order valence-electron chi connectivity index (χ2n) is 6.33. The molecule has 11 heteroatoms. The second kappa shape index (κ2) is 9.58. The average molecular weight is 460 g/mol. The molecule has 1 aliphatic heterocycles. The number of carbonyl (C=O) groups excluding carboxylic acids is 2. The number of aromatic hydroxyl groups is 1. The van der Waals surface area contributed by atoms with Crippen LogP contribution in [0.15, 0.2) is 47.4 Å². The summed E-state index contributed by atoms with van der Waals surface area (Å²) in [6, 6.07) is 10.5. The summed E-state index contributed by atoms with van der Waals surface area (Å²) in [6.07, 6.45) is 1.57. The van der Waals surface area contributed by atoms with Gasteiger partial charge in [0.15, 0.2) is 0 Å². The Labute approximate surface area is 186 Å². The second-order valence-corrected chi connectivity index (χ2v) is 8.01. The quantitative estimate of drug-likeness (QED) is 0.212. The van der Waals surface area contributed by atoms with Crippen molar-refractivity contribution in [2.75, 3.05) is 19.0 Å². The van der Waals surface area contributed by atoms with E-state index >= 15 is 0 Å². The maximum Gasteiger partial charge on any atom is 0.271 e. The number of anilines is 1. The molecule has 0 unspecified atom stereocenters. The maximum absolute atomic E-state index is 12.7. The highest BCUT2D eigenvalue weighted by atomic mass is 32.2. The third kappa shape index (κ3) is 5.19. The molecule has 0 aliphatic carbocycles. The van der Waals surface area contributed by atoms with Crippen molar-refractivity contribution in [2.45, 2.75) is 6.42 Å². The Hall–Kier alpha value is -3.44. The van der Waals surface area contributed by atoms with Gasteiger partial charge >= 0.3 is 0 Å². The first-order valence-electron chi connectivity index (χ1n) is 8.96. The van der Waals surface area contributed by atoms with Crippen molar-refractivity contribution in [1.82, 2.24) is 4.90 Å². The zero-order valence-electron chi connectivity index (χ0n) is 16.2. The molecular weight excluding hydrogens is 442 g/mol. The molecule has 2 aromatic carbocycles. The van der Waals surface area contributed by atoms with E-state index in [1.165, 1.54) is 12.0 Å². The number of para-hydroxylation sites is 1. The molecular formula is C20H17N3O6S2. The van der Waals surface area contributed by atoms with Gasteiger partial charge in [-0.3, -0.25) is 24.6 Å². The number of phenolic OH excluding ortho intramolecular Hbond substituents is 1. The monoisotopic (exact) mass is 459 g/mol. The van der Waals surface area contributed by atoms with Crippen molar-refractivity contribution >= 4 is 57.6 Å². The van der Waals surface area contributed by atoms with Gasteiger partial charge < -0.3 is 15.2 Å². The maximum atomic E-state index is 12.7. The van der Waals surface area contributed by atoms with Crippen LogP contribution >= 0.6 is 24.0 Å². The lowest BCUT2D eigenvalue weighted by molar-refractivity contribution is -0.384. The summed E-state index contributed by atoms with van der Waals surface area (Å²) in [5, 5.41) is 23.1. The highest BCUT2D eigenvalue weighted by molar-refractivity contribution is 8.26. The van der Waals surface area contributed by atoms with Crippen LogP contribution in [0, 0.1) is 10.1 Å². The van der Waals surface area contributed by atoms with Gasteiger partial charge in [0.1, 0.15) is 15.8 Å². The van der Waals surface area contributed by atoms with Crippen molar-refractivity contribution < 1.29 is 24.4 Å². The molecule has 0 atom stereocenters. The van der Waals surface area contributed by atoms with E-state index in [-0.39, 0.29) is 36.0 Å². The number of non-ortho nitro benzene ring substituents is 1. The Bertz CT molecular complexity index is 1100. The van der Waals surface area contributed by atoms with Gasteiger partial charge in [0.05, 0.1) is 22.6 Å². The van der Waals surface area contributed by atoms with Crippen LogP contribution < -0.4 is 10.1 Å². The number of ether oxygens (including phenoxy) is 1. The number of nitrogens with zero attached hydrogens (tertiary/aromatic N) is 2. The van der Waals surface area contributed by atoms with Crippen LogP contribution in [0.2, 0.25) is 0 Å². The Kier molecular flexibility index (Phi) is 6.88. The molecule has 160 valence electrons.